The van der Waals surface area contributed by atoms with Gasteiger partial charge in [0, 0.05) is 25.9 Å². The molecule has 0 radical (unpaired) electrons. The number of hydrogen-bond acceptors (Lipinski definition) is 6. The molecule has 0 saturated carbocycles. The normalized spacial score (nSPS) is 19.9. The number of nitrogens with zero attached hydrogens (tertiary/aromatic N) is 3. The fourth-order valence-electron chi connectivity index (χ4n) is 3.12. The molecule has 0 spiro atoms. The van der Waals surface area contributed by atoms with Crippen molar-refractivity contribution in [2.75, 3.05) is 19.9 Å². The van der Waals surface area contributed by atoms with Gasteiger partial charge in [0.25, 0.3) is 5.91 Å². The molecule has 23 heavy (non-hydrogen) atoms. The van der Waals surface area contributed by atoms with Crippen molar-refractivity contribution in [3.8, 4) is 11.5 Å². The molecular formula is C16H17N3O4. The molecule has 1 atom stereocenters. The van der Waals surface area contributed by atoms with Crippen LogP contribution in [0.15, 0.2) is 22.7 Å². The van der Waals surface area contributed by atoms with E-state index in [0.717, 1.165) is 19.4 Å². The molecule has 1 fully saturated rings. The summed E-state index contributed by atoms with van der Waals surface area (Å²) in [6.07, 6.45) is 1.87. The van der Waals surface area contributed by atoms with Gasteiger partial charge in [-0.25, -0.2) is 0 Å². The molecule has 2 aromatic rings. The second kappa shape index (κ2) is 5.57. The summed E-state index contributed by atoms with van der Waals surface area (Å²) in [4.78, 5) is 19.0. The van der Waals surface area contributed by atoms with E-state index in [9.17, 15) is 4.79 Å². The van der Waals surface area contributed by atoms with E-state index in [1.807, 2.05) is 11.0 Å². The van der Waals surface area contributed by atoms with Crippen molar-refractivity contribution < 1.29 is 18.8 Å². The van der Waals surface area contributed by atoms with Gasteiger partial charge in [0.1, 0.15) is 0 Å². The third-order valence-electron chi connectivity index (χ3n) is 4.24. The molecule has 2 aliphatic heterocycles. The lowest BCUT2D eigenvalue weighted by molar-refractivity contribution is 0.0699. The number of aromatic nitrogens is 2. The minimum Gasteiger partial charge on any atom is -0.454 e. The predicted octanol–water partition coefficient (Wildman–Crippen LogP) is 2.13. The summed E-state index contributed by atoms with van der Waals surface area (Å²) in [5.41, 5.74) is 0.546. The smallest absolute Gasteiger partial charge is 0.257 e. The molecule has 0 N–H and O–H groups in total. The lowest BCUT2D eigenvalue weighted by Crippen LogP contribution is -2.39. The summed E-state index contributed by atoms with van der Waals surface area (Å²) < 4.78 is 15.8. The van der Waals surface area contributed by atoms with Gasteiger partial charge in [0.15, 0.2) is 17.3 Å². The molecule has 0 unspecified atom stereocenters. The van der Waals surface area contributed by atoms with Crippen molar-refractivity contribution in [3.63, 3.8) is 0 Å². The highest BCUT2D eigenvalue weighted by Gasteiger charge is 2.31. The number of carbonyl (C=O) groups is 1. The Bertz CT molecular complexity index is 743. The monoisotopic (exact) mass is 315 g/mol. The first-order valence-corrected chi connectivity index (χ1v) is 7.70. The summed E-state index contributed by atoms with van der Waals surface area (Å²) in [7, 11) is 0. The Morgan fingerprint density at radius 2 is 2.26 bits per heavy atom. The van der Waals surface area contributed by atoms with E-state index < -0.39 is 0 Å². The van der Waals surface area contributed by atoms with Crippen molar-refractivity contribution in [1.29, 1.82) is 0 Å². The van der Waals surface area contributed by atoms with E-state index >= 15 is 0 Å². The molecule has 0 bridgehead atoms. The Kier molecular flexibility index (Phi) is 3.40. The third kappa shape index (κ3) is 2.52. The summed E-state index contributed by atoms with van der Waals surface area (Å²) in [6.45, 7) is 3.23. The van der Waals surface area contributed by atoms with Crippen LogP contribution in [0.2, 0.25) is 0 Å². The highest BCUT2D eigenvalue weighted by Crippen LogP contribution is 2.36. The first-order chi connectivity index (χ1) is 11.2. The number of para-hydroxylation sites is 1. The maximum absolute atomic E-state index is 12.9. The molecule has 7 heteroatoms. The average molecular weight is 315 g/mol. The molecule has 1 amide bonds. The second-order valence-electron chi connectivity index (χ2n) is 5.80. The quantitative estimate of drug-likeness (QED) is 0.845. The molecule has 0 aliphatic carbocycles. The summed E-state index contributed by atoms with van der Waals surface area (Å²) in [5, 5.41) is 4.00. The number of aryl methyl sites for hydroxylation is 1. The van der Waals surface area contributed by atoms with Crippen LogP contribution in [0.3, 0.4) is 0 Å². The zero-order valence-corrected chi connectivity index (χ0v) is 12.8. The van der Waals surface area contributed by atoms with E-state index in [1.54, 1.807) is 19.1 Å². The van der Waals surface area contributed by atoms with Crippen LogP contribution in [0.5, 0.6) is 11.5 Å². The largest absolute Gasteiger partial charge is 0.454 e. The highest BCUT2D eigenvalue weighted by atomic mass is 16.7. The summed E-state index contributed by atoms with van der Waals surface area (Å²) in [5.74, 6) is 2.46. The van der Waals surface area contributed by atoms with Crippen LogP contribution >= 0.6 is 0 Å². The van der Waals surface area contributed by atoms with E-state index in [1.165, 1.54) is 0 Å². The predicted molar refractivity (Wildman–Crippen MR) is 79.5 cm³/mol. The van der Waals surface area contributed by atoms with Crippen molar-refractivity contribution in [2.24, 2.45) is 0 Å². The first-order valence-electron chi connectivity index (χ1n) is 7.70. The number of carbonyl (C=O) groups excluding carboxylic acids is 1. The second-order valence-corrected chi connectivity index (χ2v) is 5.80. The van der Waals surface area contributed by atoms with E-state index in [4.69, 9.17) is 14.0 Å². The fourth-order valence-corrected chi connectivity index (χ4v) is 3.12. The number of hydrogen-bond donors (Lipinski definition) is 0. The van der Waals surface area contributed by atoms with Crippen LogP contribution in [-0.2, 0) is 0 Å². The molecule has 1 aromatic heterocycles. The topological polar surface area (TPSA) is 77.7 Å². The molecule has 2 aliphatic rings. The van der Waals surface area contributed by atoms with Gasteiger partial charge in [-0.05, 0) is 25.0 Å². The van der Waals surface area contributed by atoms with E-state index in [-0.39, 0.29) is 18.6 Å². The maximum atomic E-state index is 12.9. The zero-order chi connectivity index (χ0) is 15.8. The van der Waals surface area contributed by atoms with Crippen LogP contribution in [0.25, 0.3) is 0 Å². The zero-order valence-electron chi connectivity index (χ0n) is 12.8. The fraction of sp³-hybridized carbons (Fsp3) is 0.438. The van der Waals surface area contributed by atoms with Crippen molar-refractivity contribution >= 4 is 5.91 Å². The van der Waals surface area contributed by atoms with Crippen LogP contribution < -0.4 is 9.47 Å². The molecule has 7 nitrogen and oxygen atoms in total. The van der Waals surface area contributed by atoms with Crippen molar-refractivity contribution in [1.82, 2.24) is 15.0 Å². The van der Waals surface area contributed by atoms with Gasteiger partial charge in [-0.1, -0.05) is 11.2 Å². The molecule has 3 heterocycles. The van der Waals surface area contributed by atoms with Gasteiger partial charge in [-0.15, -0.1) is 0 Å². The van der Waals surface area contributed by atoms with Gasteiger partial charge < -0.3 is 18.9 Å². The Hall–Kier alpha value is -2.57. The number of piperidine rings is 1. The van der Waals surface area contributed by atoms with Crippen LogP contribution in [-0.4, -0.2) is 40.8 Å². The van der Waals surface area contributed by atoms with Gasteiger partial charge in [0.05, 0.1) is 5.56 Å². The maximum Gasteiger partial charge on any atom is 0.257 e. The van der Waals surface area contributed by atoms with Gasteiger partial charge in [0.2, 0.25) is 12.7 Å². The number of likely N-dealkylation sites (tertiary alicyclic amines) is 1. The molecule has 120 valence electrons. The molecule has 1 saturated heterocycles. The number of fused-ring (bicyclic) bond motifs is 1. The SMILES string of the molecule is Cc1nc([C@H]2CCCN(C(=O)c3cccc4c3OCO4)C2)no1. The summed E-state index contributed by atoms with van der Waals surface area (Å²) >= 11 is 0. The molecule has 4 rings (SSSR count). The van der Waals surface area contributed by atoms with Crippen LogP contribution in [0.4, 0.5) is 0 Å². The van der Waals surface area contributed by atoms with Gasteiger partial charge in [-0.2, -0.15) is 4.98 Å². The van der Waals surface area contributed by atoms with Gasteiger partial charge in [-0.3, -0.25) is 4.79 Å². The van der Waals surface area contributed by atoms with Crippen LogP contribution in [0.1, 0.15) is 40.8 Å². The van der Waals surface area contributed by atoms with Crippen molar-refractivity contribution in [3.05, 3.63) is 35.5 Å². The van der Waals surface area contributed by atoms with Crippen molar-refractivity contribution in [2.45, 2.75) is 25.7 Å². The molecule has 1 aromatic carbocycles. The lowest BCUT2D eigenvalue weighted by Gasteiger charge is -2.31. The Morgan fingerprint density at radius 1 is 1.35 bits per heavy atom. The number of rotatable bonds is 2. The number of benzene rings is 1. The minimum absolute atomic E-state index is 0.0442. The van der Waals surface area contributed by atoms with E-state index in [0.29, 0.717) is 35.3 Å². The Labute approximate surface area is 133 Å². The average Bonchev–Trinajstić information content (AvgIpc) is 3.22. The standard InChI is InChI=1S/C16H17N3O4/c1-10-17-15(18-23-10)11-4-3-7-19(8-11)16(20)12-5-2-6-13-14(12)22-9-21-13/h2,5-6,11H,3-4,7-9H2,1H3/t11-/m0/s1. The van der Waals surface area contributed by atoms with E-state index in [2.05, 4.69) is 10.1 Å². The minimum atomic E-state index is -0.0442. The third-order valence-corrected chi connectivity index (χ3v) is 4.24. The van der Waals surface area contributed by atoms with Crippen LogP contribution in [0, 0.1) is 6.92 Å². The molecular weight excluding hydrogens is 298 g/mol. The lowest BCUT2D eigenvalue weighted by atomic mass is 9.96. The highest BCUT2D eigenvalue weighted by molar-refractivity contribution is 5.98. The Balaban J connectivity index is 1.56. The number of amides is 1. The Morgan fingerprint density at radius 3 is 3.09 bits per heavy atom. The summed E-state index contributed by atoms with van der Waals surface area (Å²) in [6, 6.07) is 5.39. The first kappa shape index (κ1) is 14.0. The van der Waals surface area contributed by atoms with Gasteiger partial charge >= 0.3 is 0 Å². The number of ether oxygens (including phenoxy) is 2.